The molecule has 2 atom stereocenters. The van der Waals surface area contributed by atoms with Gasteiger partial charge in [-0.1, -0.05) is 6.07 Å². The second-order valence-electron chi connectivity index (χ2n) is 4.38. The zero-order valence-corrected chi connectivity index (χ0v) is 9.87. The second-order valence-corrected chi connectivity index (χ2v) is 6.38. The number of phenols is 1. The highest BCUT2D eigenvalue weighted by atomic mass is 32.2. The molecule has 1 aromatic rings. The van der Waals surface area contributed by atoms with Gasteiger partial charge in [-0.15, -0.1) is 0 Å². The first-order chi connectivity index (χ1) is 7.42. The topological polar surface area (TPSA) is 80.4 Å². The maximum Gasteiger partial charge on any atom is 0.179 e. The Morgan fingerprint density at radius 1 is 1.56 bits per heavy atom. The van der Waals surface area contributed by atoms with Crippen molar-refractivity contribution in [3.05, 3.63) is 23.8 Å². The normalized spacial score (nSPS) is 24.0. The number of phenolic OH excluding ortho intramolecular Hbond substituents is 1. The lowest BCUT2D eigenvalue weighted by molar-refractivity contribution is 0.456. The van der Waals surface area contributed by atoms with Crippen molar-refractivity contribution >= 4 is 9.84 Å². The van der Waals surface area contributed by atoms with Gasteiger partial charge in [0.25, 0.3) is 0 Å². The predicted molar refractivity (Wildman–Crippen MR) is 61.2 cm³/mol. The Balaban J connectivity index is 2.52. The van der Waals surface area contributed by atoms with Crippen LogP contribution in [0.3, 0.4) is 0 Å². The summed E-state index contributed by atoms with van der Waals surface area (Å²) in [4.78, 5) is 0.262. The van der Waals surface area contributed by atoms with Gasteiger partial charge in [-0.2, -0.15) is 0 Å². The molecule has 1 aliphatic heterocycles. The summed E-state index contributed by atoms with van der Waals surface area (Å²) in [6.07, 6.45) is 0.573. The standard InChI is InChI=1S/C11H15NO3S/c1-7(12)5-8-6-16(14,15)10-4-2-3-9(13)11(8)10/h2-4,7-8,13H,5-6,12H2,1H3. The predicted octanol–water partition coefficient (Wildman–Crippen LogP) is 1.00. The quantitative estimate of drug-likeness (QED) is 0.809. The summed E-state index contributed by atoms with van der Waals surface area (Å²) in [6, 6.07) is 4.55. The van der Waals surface area contributed by atoms with Crippen LogP contribution in [0.25, 0.3) is 0 Å². The van der Waals surface area contributed by atoms with Crippen LogP contribution < -0.4 is 5.73 Å². The molecule has 5 heteroatoms. The van der Waals surface area contributed by atoms with Crippen molar-refractivity contribution in [3.8, 4) is 5.75 Å². The molecular weight excluding hydrogens is 226 g/mol. The van der Waals surface area contributed by atoms with Crippen LogP contribution in [0.4, 0.5) is 0 Å². The summed E-state index contributed by atoms with van der Waals surface area (Å²) in [7, 11) is -3.24. The van der Waals surface area contributed by atoms with Crippen molar-refractivity contribution in [1.82, 2.24) is 0 Å². The van der Waals surface area contributed by atoms with Crippen molar-refractivity contribution < 1.29 is 13.5 Å². The van der Waals surface area contributed by atoms with Crippen LogP contribution in [0.5, 0.6) is 5.75 Å². The van der Waals surface area contributed by atoms with E-state index in [1.807, 2.05) is 6.92 Å². The lowest BCUT2D eigenvalue weighted by Crippen LogP contribution is -2.19. The summed E-state index contributed by atoms with van der Waals surface area (Å²) >= 11 is 0. The first kappa shape index (κ1) is 11.4. The number of hydrogen-bond donors (Lipinski definition) is 2. The third kappa shape index (κ3) is 1.81. The van der Waals surface area contributed by atoms with E-state index in [4.69, 9.17) is 5.73 Å². The molecule has 0 saturated carbocycles. The Morgan fingerprint density at radius 3 is 2.88 bits per heavy atom. The molecular formula is C11H15NO3S. The first-order valence-corrected chi connectivity index (χ1v) is 6.87. The van der Waals surface area contributed by atoms with E-state index in [1.165, 1.54) is 6.07 Å². The first-order valence-electron chi connectivity index (χ1n) is 5.22. The highest BCUT2D eigenvalue weighted by molar-refractivity contribution is 7.91. The van der Waals surface area contributed by atoms with Gasteiger partial charge in [-0.05, 0) is 25.5 Å². The molecule has 4 nitrogen and oxygen atoms in total. The summed E-state index contributed by atoms with van der Waals surface area (Å²) in [5, 5.41) is 9.74. The molecule has 0 saturated heterocycles. The Kier molecular flexibility index (Phi) is 2.67. The smallest absolute Gasteiger partial charge is 0.179 e. The van der Waals surface area contributed by atoms with E-state index in [1.54, 1.807) is 12.1 Å². The fraction of sp³-hybridized carbons (Fsp3) is 0.455. The van der Waals surface area contributed by atoms with Crippen LogP contribution in [0.1, 0.15) is 24.8 Å². The maximum atomic E-state index is 11.8. The van der Waals surface area contributed by atoms with E-state index < -0.39 is 9.84 Å². The molecule has 16 heavy (non-hydrogen) atoms. The van der Waals surface area contributed by atoms with Crippen molar-refractivity contribution in [3.63, 3.8) is 0 Å². The van der Waals surface area contributed by atoms with Gasteiger partial charge in [-0.25, -0.2) is 8.42 Å². The van der Waals surface area contributed by atoms with E-state index in [2.05, 4.69) is 0 Å². The zero-order chi connectivity index (χ0) is 11.9. The number of aromatic hydroxyl groups is 1. The van der Waals surface area contributed by atoms with E-state index in [-0.39, 0.29) is 28.4 Å². The van der Waals surface area contributed by atoms with Crippen LogP contribution in [0.2, 0.25) is 0 Å². The van der Waals surface area contributed by atoms with E-state index in [9.17, 15) is 13.5 Å². The molecule has 1 heterocycles. The molecule has 88 valence electrons. The molecule has 2 unspecified atom stereocenters. The fourth-order valence-electron chi connectivity index (χ4n) is 2.29. The Bertz CT molecular complexity index is 508. The Morgan fingerprint density at radius 2 is 2.25 bits per heavy atom. The molecule has 0 aliphatic carbocycles. The van der Waals surface area contributed by atoms with Crippen LogP contribution in [-0.2, 0) is 9.84 Å². The van der Waals surface area contributed by atoms with Crippen molar-refractivity contribution in [1.29, 1.82) is 0 Å². The van der Waals surface area contributed by atoms with E-state index >= 15 is 0 Å². The van der Waals surface area contributed by atoms with E-state index in [0.717, 1.165) is 0 Å². The third-order valence-electron chi connectivity index (χ3n) is 2.86. The SMILES string of the molecule is CC(N)CC1CS(=O)(=O)c2cccc(O)c21. The number of fused-ring (bicyclic) bond motifs is 1. The summed E-state index contributed by atoms with van der Waals surface area (Å²) in [6.45, 7) is 1.84. The minimum absolute atomic E-state index is 0.0570. The summed E-state index contributed by atoms with van der Waals surface area (Å²) < 4.78 is 23.7. The Hall–Kier alpha value is -1.07. The monoisotopic (exact) mass is 241 g/mol. The molecule has 3 N–H and O–H groups in total. The molecule has 0 fully saturated rings. The van der Waals surface area contributed by atoms with Gasteiger partial charge in [0, 0.05) is 17.5 Å². The lowest BCUT2D eigenvalue weighted by Gasteiger charge is -2.13. The van der Waals surface area contributed by atoms with Crippen molar-refractivity contribution in [2.75, 3.05) is 5.75 Å². The molecule has 0 bridgehead atoms. The van der Waals surface area contributed by atoms with Crippen LogP contribution in [0.15, 0.2) is 23.1 Å². The van der Waals surface area contributed by atoms with Crippen molar-refractivity contribution in [2.24, 2.45) is 5.73 Å². The molecule has 0 aromatic heterocycles. The number of sulfone groups is 1. The van der Waals surface area contributed by atoms with Crippen LogP contribution in [-0.4, -0.2) is 25.3 Å². The molecule has 1 aliphatic rings. The molecule has 0 radical (unpaired) electrons. The van der Waals surface area contributed by atoms with Gasteiger partial charge in [0.1, 0.15) is 5.75 Å². The number of hydrogen-bond acceptors (Lipinski definition) is 4. The second kappa shape index (κ2) is 3.75. The summed E-state index contributed by atoms with van der Waals surface area (Å²) in [5.74, 6) is -0.0630. The molecule has 0 spiro atoms. The van der Waals surface area contributed by atoms with Gasteiger partial charge in [0.15, 0.2) is 9.84 Å². The Labute approximate surface area is 95.0 Å². The molecule has 0 amide bonds. The van der Waals surface area contributed by atoms with Gasteiger partial charge >= 0.3 is 0 Å². The summed E-state index contributed by atoms with van der Waals surface area (Å²) in [5.41, 5.74) is 6.23. The molecule has 1 aromatic carbocycles. The highest BCUT2D eigenvalue weighted by Gasteiger charge is 2.36. The van der Waals surface area contributed by atoms with Gasteiger partial charge in [-0.3, -0.25) is 0 Å². The maximum absolute atomic E-state index is 11.8. The minimum atomic E-state index is -3.24. The minimum Gasteiger partial charge on any atom is -0.508 e. The number of benzene rings is 1. The average molecular weight is 241 g/mol. The van der Waals surface area contributed by atoms with E-state index in [0.29, 0.717) is 12.0 Å². The van der Waals surface area contributed by atoms with Gasteiger partial charge in [0.2, 0.25) is 0 Å². The third-order valence-corrected chi connectivity index (χ3v) is 4.73. The van der Waals surface area contributed by atoms with Crippen LogP contribution >= 0.6 is 0 Å². The van der Waals surface area contributed by atoms with Crippen molar-refractivity contribution in [2.45, 2.75) is 30.2 Å². The fourth-order valence-corrected chi connectivity index (χ4v) is 4.19. The van der Waals surface area contributed by atoms with Gasteiger partial charge in [0.05, 0.1) is 10.6 Å². The van der Waals surface area contributed by atoms with Gasteiger partial charge < -0.3 is 10.8 Å². The van der Waals surface area contributed by atoms with Crippen LogP contribution in [0, 0.1) is 0 Å². The largest absolute Gasteiger partial charge is 0.508 e. The number of rotatable bonds is 2. The molecule has 2 rings (SSSR count). The average Bonchev–Trinajstić information content (AvgIpc) is 2.38. The highest BCUT2D eigenvalue weighted by Crippen LogP contribution is 2.42. The number of nitrogens with two attached hydrogens (primary N) is 1. The lowest BCUT2D eigenvalue weighted by atomic mass is 9.94. The zero-order valence-electron chi connectivity index (χ0n) is 9.05.